The van der Waals surface area contributed by atoms with Crippen LogP contribution in [0.25, 0.3) is 0 Å². The number of fused-ring (bicyclic) bond motifs is 1. The van der Waals surface area contributed by atoms with E-state index in [-0.39, 0.29) is 0 Å². The SMILES string of the molecule is O=C1CC[C@H]2CCC[C@@H]12. The molecule has 0 amide bonds. The third-order valence-corrected chi connectivity index (χ3v) is 2.83. The van der Waals surface area contributed by atoms with Gasteiger partial charge in [-0.25, -0.2) is 0 Å². The molecule has 0 radical (unpaired) electrons. The fourth-order valence-electron chi connectivity index (χ4n) is 2.32. The Kier molecular flexibility index (Phi) is 1.11. The van der Waals surface area contributed by atoms with Crippen LogP contribution in [-0.2, 0) is 4.79 Å². The summed E-state index contributed by atoms with van der Waals surface area (Å²) < 4.78 is 0. The van der Waals surface area contributed by atoms with Crippen LogP contribution in [0.1, 0.15) is 32.1 Å². The van der Waals surface area contributed by atoms with E-state index in [0.717, 1.165) is 12.3 Å². The van der Waals surface area contributed by atoms with E-state index in [9.17, 15) is 4.79 Å². The first-order valence-corrected chi connectivity index (χ1v) is 3.90. The van der Waals surface area contributed by atoms with Crippen molar-refractivity contribution in [3.05, 3.63) is 0 Å². The summed E-state index contributed by atoms with van der Waals surface area (Å²) in [4.78, 5) is 11.1. The predicted octanol–water partition coefficient (Wildman–Crippen LogP) is 1.77. The largest absolute Gasteiger partial charge is 0.299 e. The van der Waals surface area contributed by atoms with Crippen LogP contribution in [0.15, 0.2) is 0 Å². The first-order chi connectivity index (χ1) is 4.38. The zero-order valence-electron chi connectivity index (χ0n) is 5.60. The van der Waals surface area contributed by atoms with Gasteiger partial charge >= 0.3 is 0 Å². The lowest BCUT2D eigenvalue weighted by atomic mass is 10.0. The lowest BCUT2D eigenvalue weighted by molar-refractivity contribution is -0.120. The maximum atomic E-state index is 11.1. The second-order valence-electron chi connectivity index (χ2n) is 3.30. The molecular weight excluding hydrogens is 112 g/mol. The second kappa shape index (κ2) is 1.83. The van der Waals surface area contributed by atoms with E-state index < -0.39 is 0 Å². The van der Waals surface area contributed by atoms with E-state index in [1.807, 2.05) is 0 Å². The van der Waals surface area contributed by atoms with Crippen molar-refractivity contribution in [2.24, 2.45) is 11.8 Å². The van der Waals surface area contributed by atoms with Crippen molar-refractivity contribution in [2.45, 2.75) is 32.1 Å². The smallest absolute Gasteiger partial charge is 0.136 e. The van der Waals surface area contributed by atoms with E-state index in [1.54, 1.807) is 0 Å². The molecule has 2 saturated carbocycles. The molecule has 2 aliphatic rings. The molecule has 2 aliphatic carbocycles. The van der Waals surface area contributed by atoms with Gasteiger partial charge in [0.15, 0.2) is 0 Å². The first-order valence-electron chi connectivity index (χ1n) is 3.90. The fourth-order valence-corrected chi connectivity index (χ4v) is 2.32. The molecule has 1 heteroatoms. The molecule has 1 nitrogen and oxygen atoms in total. The van der Waals surface area contributed by atoms with E-state index in [2.05, 4.69) is 0 Å². The summed E-state index contributed by atoms with van der Waals surface area (Å²) in [6.07, 6.45) is 5.92. The highest BCUT2D eigenvalue weighted by molar-refractivity contribution is 5.83. The minimum atomic E-state index is 0.505. The van der Waals surface area contributed by atoms with Crippen LogP contribution >= 0.6 is 0 Å². The summed E-state index contributed by atoms with van der Waals surface area (Å²) in [6, 6.07) is 0. The van der Waals surface area contributed by atoms with Crippen molar-refractivity contribution in [1.29, 1.82) is 0 Å². The van der Waals surface area contributed by atoms with Gasteiger partial charge in [-0.3, -0.25) is 4.79 Å². The van der Waals surface area contributed by atoms with Crippen LogP contribution in [0.2, 0.25) is 0 Å². The summed E-state index contributed by atoms with van der Waals surface area (Å²) in [6.45, 7) is 0. The molecule has 0 aromatic rings. The second-order valence-corrected chi connectivity index (χ2v) is 3.30. The zero-order chi connectivity index (χ0) is 6.27. The lowest BCUT2D eigenvalue weighted by Gasteiger charge is -2.03. The topological polar surface area (TPSA) is 17.1 Å². The van der Waals surface area contributed by atoms with Crippen LogP contribution in [0, 0.1) is 11.8 Å². The molecule has 2 atom stereocenters. The van der Waals surface area contributed by atoms with Crippen molar-refractivity contribution in [3.8, 4) is 0 Å². The van der Waals surface area contributed by atoms with Crippen molar-refractivity contribution in [1.82, 2.24) is 0 Å². The summed E-state index contributed by atoms with van der Waals surface area (Å²) in [7, 11) is 0. The van der Waals surface area contributed by atoms with Crippen LogP contribution in [-0.4, -0.2) is 5.78 Å². The van der Waals surface area contributed by atoms with Gasteiger partial charge in [-0.05, 0) is 25.2 Å². The van der Waals surface area contributed by atoms with Crippen molar-refractivity contribution < 1.29 is 4.79 Å². The Labute approximate surface area is 55.4 Å². The van der Waals surface area contributed by atoms with Crippen molar-refractivity contribution >= 4 is 5.78 Å². The van der Waals surface area contributed by atoms with Crippen LogP contribution < -0.4 is 0 Å². The number of hydrogen-bond donors (Lipinski definition) is 0. The van der Waals surface area contributed by atoms with E-state index >= 15 is 0 Å². The predicted molar refractivity (Wildman–Crippen MR) is 35.1 cm³/mol. The Morgan fingerprint density at radius 1 is 1.22 bits per heavy atom. The average Bonchev–Trinajstić information content (AvgIpc) is 2.35. The number of Topliss-reactive ketones (excluding diaryl/α,β-unsaturated/α-hetero) is 1. The molecule has 0 bridgehead atoms. The Balaban J connectivity index is 2.15. The van der Waals surface area contributed by atoms with Crippen LogP contribution in [0.4, 0.5) is 0 Å². The minimum Gasteiger partial charge on any atom is -0.299 e. The van der Waals surface area contributed by atoms with Gasteiger partial charge in [0.1, 0.15) is 5.78 Å². The van der Waals surface area contributed by atoms with Crippen molar-refractivity contribution in [3.63, 3.8) is 0 Å². The highest BCUT2D eigenvalue weighted by atomic mass is 16.1. The summed E-state index contributed by atoms with van der Waals surface area (Å²) in [5, 5.41) is 0. The van der Waals surface area contributed by atoms with Gasteiger partial charge in [0.2, 0.25) is 0 Å². The number of carbonyl (C=O) groups excluding carboxylic acids is 1. The normalized spacial score (nSPS) is 41.6. The monoisotopic (exact) mass is 124 g/mol. The molecule has 0 aliphatic heterocycles. The van der Waals surface area contributed by atoms with Crippen LogP contribution in [0.5, 0.6) is 0 Å². The van der Waals surface area contributed by atoms with Gasteiger partial charge in [-0.15, -0.1) is 0 Å². The third-order valence-electron chi connectivity index (χ3n) is 2.83. The molecule has 0 saturated heterocycles. The highest BCUT2D eigenvalue weighted by Crippen LogP contribution is 2.41. The molecule has 50 valence electrons. The zero-order valence-corrected chi connectivity index (χ0v) is 5.60. The fraction of sp³-hybridized carbons (Fsp3) is 0.875. The Bertz CT molecular complexity index is 140. The first kappa shape index (κ1) is 5.45. The number of hydrogen-bond acceptors (Lipinski definition) is 1. The van der Waals surface area contributed by atoms with Gasteiger partial charge in [0.05, 0.1) is 0 Å². The van der Waals surface area contributed by atoms with Gasteiger partial charge in [0.25, 0.3) is 0 Å². The Hall–Kier alpha value is -0.330. The molecule has 0 spiro atoms. The van der Waals surface area contributed by atoms with Gasteiger partial charge in [-0.1, -0.05) is 6.42 Å². The molecule has 0 heterocycles. The molecule has 2 fully saturated rings. The molecule has 0 N–H and O–H groups in total. The van der Waals surface area contributed by atoms with Crippen molar-refractivity contribution in [2.75, 3.05) is 0 Å². The summed E-state index contributed by atoms with van der Waals surface area (Å²) in [5.41, 5.74) is 0. The maximum Gasteiger partial charge on any atom is 0.136 e. The highest BCUT2D eigenvalue weighted by Gasteiger charge is 2.37. The van der Waals surface area contributed by atoms with E-state index in [4.69, 9.17) is 0 Å². The standard InChI is InChI=1S/C8H12O/c9-8-5-4-6-2-1-3-7(6)8/h6-7H,1-5H2/t6-,7-/m1/s1. The quantitative estimate of drug-likeness (QED) is 0.481. The maximum absolute atomic E-state index is 11.1. The molecular formula is C8H12O. The van der Waals surface area contributed by atoms with E-state index in [0.29, 0.717) is 11.7 Å². The molecule has 0 aromatic carbocycles. The lowest BCUT2D eigenvalue weighted by Crippen LogP contribution is -2.06. The van der Waals surface area contributed by atoms with Gasteiger partial charge < -0.3 is 0 Å². The average molecular weight is 124 g/mol. The van der Waals surface area contributed by atoms with Crippen LogP contribution in [0.3, 0.4) is 0 Å². The minimum absolute atomic E-state index is 0.505. The molecule has 2 rings (SSSR count). The molecule has 9 heavy (non-hydrogen) atoms. The third kappa shape index (κ3) is 0.707. The summed E-state index contributed by atoms with van der Waals surface area (Å²) in [5.74, 6) is 1.86. The number of rotatable bonds is 0. The van der Waals surface area contributed by atoms with E-state index in [1.165, 1.54) is 25.7 Å². The van der Waals surface area contributed by atoms with Gasteiger partial charge in [-0.2, -0.15) is 0 Å². The molecule has 0 unspecified atom stereocenters. The molecule has 0 aromatic heterocycles. The van der Waals surface area contributed by atoms with Gasteiger partial charge in [0, 0.05) is 12.3 Å². The summed E-state index contributed by atoms with van der Waals surface area (Å²) >= 11 is 0. The Morgan fingerprint density at radius 3 is 2.89 bits per heavy atom. The number of ketones is 1. The number of carbonyl (C=O) groups is 1. The Morgan fingerprint density at radius 2 is 2.11 bits per heavy atom.